The molecule has 162 valence electrons. The Morgan fingerprint density at radius 1 is 1.07 bits per heavy atom. The highest BCUT2D eigenvalue weighted by Crippen LogP contribution is 2.29. The van der Waals surface area contributed by atoms with Crippen molar-refractivity contribution in [3.05, 3.63) is 18.2 Å². The lowest BCUT2D eigenvalue weighted by molar-refractivity contribution is -0.134. The number of sulfonamides is 1. The summed E-state index contributed by atoms with van der Waals surface area (Å²) in [5.41, 5.74) is 0. The van der Waals surface area contributed by atoms with Crippen molar-refractivity contribution < 1.29 is 32.2 Å². The molecule has 1 saturated heterocycles. The second-order valence-electron chi connectivity index (χ2n) is 6.37. The number of nitrogens with one attached hydrogen (secondary N) is 1. The van der Waals surface area contributed by atoms with Crippen molar-refractivity contribution in [1.82, 2.24) is 14.5 Å². The summed E-state index contributed by atoms with van der Waals surface area (Å²) in [5, 5.41) is 0. The second-order valence-corrected chi connectivity index (χ2v) is 8.08. The summed E-state index contributed by atoms with van der Waals surface area (Å²) in [6.45, 7) is 4.77. The van der Waals surface area contributed by atoms with Crippen LogP contribution in [0.15, 0.2) is 23.1 Å². The van der Waals surface area contributed by atoms with Gasteiger partial charge in [0.2, 0.25) is 15.9 Å². The van der Waals surface area contributed by atoms with Gasteiger partial charge in [-0.3, -0.25) is 4.79 Å². The molecule has 1 fully saturated rings. The molecular formula is C18H27N3O7S. The van der Waals surface area contributed by atoms with Crippen molar-refractivity contribution in [3.8, 4) is 11.5 Å². The Hall–Kier alpha value is -2.53. The molecule has 1 aromatic carbocycles. The number of rotatable bonds is 7. The minimum absolute atomic E-state index is 0.0399. The molecule has 1 aliphatic heterocycles. The number of ether oxygens (including phenoxy) is 3. The van der Waals surface area contributed by atoms with E-state index in [9.17, 15) is 18.0 Å². The summed E-state index contributed by atoms with van der Waals surface area (Å²) in [5.74, 6) is 0.303. The van der Waals surface area contributed by atoms with E-state index in [2.05, 4.69) is 4.72 Å². The van der Waals surface area contributed by atoms with Crippen LogP contribution in [0.25, 0.3) is 0 Å². The summed E-state index contributed by atoms with van der Waals surface area (Å²) >= 11 is 0. The van der Waals surface area contributed by atoms with Gasteiger partial charge in [-0.2, -0.15) is 4.72 Å². The molecule has 0 radical (unpaired) electrons. The van der Waals surface area contributed by atoms with Gasteiger partial charge in [0.25, 0.3) is 0 Å². The molecule has 1 atom stereocenters. The van der Waals surface area contributed by atoms with Gasteiger partial charge in [-0.15, -0.1) is 0 Å². The number of carbonyl (C=O) groups excluding carboxylic acids is 2. The molecule has 10 nitrogen and oxygen atoms in total. The number of methoxy groups -OCH3 is 2. The van der Waals surface area contributed by atoms with E-state index in [4.69, 9.17) is 14.2 Å². The SMILES string of the molecule is CCOC(=O)N1CCN(C(=O)[C@@H](C)NS(=O)(=O)c2ccc(OC)c(OC)c2)CC1. The van der Waals surface area contributed by atoms with Crippen molar-refractivity contribution in [2.45, 2.75) is 24.8 Å². The molecule has 2 rings (SSSR count). The van der Waals surface area contributed by atoms with E-state index in [0.29, 0.717) is 31.9 Å². The predicted octanol–water partition coefficient (Wildman–Crippen LogP) is 0.671. The number of benzene rings is 1. The molecule has 1 aliphatic rings. The van der Waals surface area contributed by atoms with Crippen LogP contribution in [-0.2, 0) is 19.6 Å². The van der Waals surface area contributed by atoms with Gasteiger partial charge in [-0.25, -0.2) is 13.2 Å². The zero-order chi connectivity index (χ0) is 21.6. The zero-order valence-corrected chi connectivity index (χ0v) is 17.8. The second kappa shape index (κ2) is 9.79. The van der Waals surface area contributed by atoms with Crippen molar-refractivity contribution in [2.75, 3.05) is 47.0 Å². The largest absolute Gasteiger partial charge is 0.493 e. The van der Waals surface area contributed by atoms with Crippen molar-refractivity contribution >= 4 is 22.0 Å². The summed E-state index contributed by atoms with van der Waals surface area (Å²) in [4.78, 5) is 27.4. The first-order chi connectivity index (χ1) is 13.7. The Bertz CT molecular complexity index is 836. The molecule has 29 heavy (non-hydrogen) atoms. The quantitative estimate of drug-likeness (QED) is 0.677. The lowest BCUT2D eigenvalue weighted by Gasteiger charge is -2.35. The van der Waals surface area contributed by atoms with E-state index in [0.717, 1.165) is 0 Å². The maximum atomic E-state index is 12.7. The Balaban J connectivity index is 2.01. The van der Waals surface area contributed by atoms with E-state index in [1.807, 2.05) is 0 Å². The van der Waals surface area contributed by atoms with Crippen LogP contribution in [0.4, 0.5) is 4.79 Å². The first-order valence-electron chi connectivity index (χ1n) is 9.18. The number of carbonyl (C=O) groups is 2. The summed E-state index contributed by atoms with van der Waals surface area (Å²) in [7, 11) is -1.09. The standard InChI is InChI=1S/C18H27N3O7S/c1-5-28-18(23)21-10-8-20(9-11-21)17(22)13(2)19-29(24,25)14-6-7-15(26-3)16(12-14)27-4/h6-7,12-13,19H,5,8-11H2,1-4H3/t13-/m1/s1. The molecule has 0 aromatic heterocycles. The highest BCUT2D eigenvalue weighted by Gasteiger charge is 2.30. The molecule has 1 N–H and O–H groups in total. The van der Waals surface area contributed by atoms with Crippen LogP contribution in [-0.4, -0.2) is 83.3 Å². The molecule has 0 aliphatic carbocycles. The number of nitrogens with zero attached hydrogens (tertiary/aromatic N) is 2. The van der Waals surface area contributed by atoms with E-state index in [1.165, 1.54) is 49.1 Å². The van der Waals surface area contributed by atoms with Gasteiger partial charge >= 0.3 is 6.09 Å². The average Bonchev–Trinajstić information content (AvgIpc) is 2.72. The minimum Gasteiger partial charge on any atom is -0.493 e. The third-order valence-corrected chi connectivity index (χ3v) is 6.02. The molecule has 1 heterocycles. The first-order valence-corrected chi connectivity index (χ1v) is 10.7. The lowest BCUT2D eigenvalue weighted by atomic mass is 10.2. The molecule has 0 saturated carbocycles. The van der Waals surface area contributed by atoms with Crippen LogP contribution >= 0.6 is 0 Å². The van der Waals surface area contributed by atoms with Gasteiger partial charge in [0.15, 0.2) is 11.5 Å². The Labute approximate surface area is 170 Å². The van der Waals surface area contributed by atoms with Crippen LogP contribution < -0.4 is 14.2 Å². The van der Waals surface area contributed by atoms with Gasteiger partial charge in [0.1, 0.15) is 0 Å². The van der Waals surface area contributed by atoms with Gasteiger partial charge in [-0.1, -0.05) is 0 Å². The number of hydrogen-bond donors (Lipinski definition) is 1. The smallest absolute Gasteiger partial charge is 0.409 e. The molecule has 2 amide bonds. The van der Waals surface area contributed by atoms with E-state index >= 15 is 0 Å². The predicted molar refractivity (Wildman–Crippen MR) is 105 cm³/mol. The van der Waals surface area contributed by atoms with E-state index in [1.54, 1.807) is 6.92 Å². The van der Waals surface area contributed by atoms with Crippen LogP contribution in [0.2, 0.25) is 0 Å². The minimum atomic E-state index is -3.95. The number of hydrogen-bond acceptors (Lipinski definition) is 7. The summed E-state index contributed by atoms with van der Waals surface area (Å²) < 4.78 is 42.9. The normalized spacial score (nSPS) is 15.6. The van der Waals surface area contributed by atoms with Crippen molar-refractivity contribution in [2.24, 2.45) is 0 Å². The number of piperazine rings is 1. The topological polar surface area (TPSA) is 114 Å². The van der Waals surface area contributed by atoms with Gasteiger partial charge in [0, 0.05) is 32.2 Å². The zero-order valence-electron chi connectivity index (χ0n) is 17.0. The van der Waals surface area contributed by atoms with Crippen molar-refractivity contribution in [1.29, 1.82) is 0 Å². The van der Waals surface area contributed by atoms with Crippen molar-refractivity contribution in [3.63, 3.8) is 0 Å². The maximum Gasteiger partial charge on any atom is 0.409 e. The number of amides is 2. The van der Waals surface area contributed by atoms with Crippen LogP contribution in [0.5, 0.6) is 11.5 Å². The highest BCUT2D eigenvalue weighted by molar-refractivity contribution is 7.89. The molecule has 0 spiro atoms. The third-order valence-electron chi connectivity index (χ3n) is 4.49. The third kappa shape index (κ3) is 5.51. The monoisotopic (exact) mass is 429 g/mol. The fourth-order valence-corrected chi connectivity index (χ4v) is 4.14. The highest BCUT2D eigenvalue weighted by atomic mass is 32.2. The maximum absolute atomic E-state index is 12.7. The molecular weight excluding hydrogens is 402 g/mol. The Kier molecular flexibility index (Phi) is 7.68. The molecule has 1 aromatic rings. The summed E-state index contributed by atoms with van der Waals surface area (Å²) in [6, 6.07) is 3.21. The Morgan fingerprint density at radius 3 is 2.21 bits per heavy atom. The fourth-order valence-electron chi connectivity index (χ4n) is 2.93. The van der Waals surface area contributed by atoms with Crippen LogP contribution in [0.3, 0.4) is 0 Å². The average molecular weight is 429 g/mol. The van der Waals surface area contributed by atoms with Crippen LogP contribution in [0.1, 0.15) is 13.8 Å². The first kappa shape index (κ1) is 22.8. The van der Waals surface area contributed by atoms with Gasteiger partial charge in [0.05, 0.1) is 31.8 Å². The van der Waals surface area contributed by atoms with Gasteiger partial charge in [-0.05, 0) is 26.0 Å². The molecule has 0 unspecified atom stereocenters. The molecule has 0 bridgehead atoms. The van der Waals surface area contributed by atoms with Gasteiger partial charge < -0.3 is 24.0 Å². The fraction of sp³-hybridized carbons (Fsp3) is 0.556. The summed E-state index contributed by atoms with van der Waals surface area (Å²) in [6.07, 6.45) is -0.415. The van der Waals surface area contributed by atoms with E-state index < -0.39 is 22.2 Å². The van der Waals surface area contributed by atoms with E-state index in [-0.39, 0.29) is 23.2 Å². The van der Waals surface area contributed by atoms with Crippen LogP contribution in [0, 0.1) is 0 Å². The lowest BCUT2D eigenvalue weighted by Crippen LogP contribution is -2.55. The molecule has 11 heteroatoms. The Morgan fingerprint density at radius 2 is 1.66 bits per heavy atom.